The Labute approximate surface area is 103 Å². The summed E-state index contributed by atoms with van der Waals surface area (Å²) >= 11 is 0. The fourth-order valence-corrected chi connectivity index (χ4v) is 2.70. The number of pyridine rings is 1. The lowest BCUT2D eigenvalue weighted by molar-refractivity contribution is -0.138. The zero-order valence-electron chi connectivity index (χ0n) is 9.78. The normalized spacial score (nSPS) is 26.4. The van der Waals surface area contributed by atoms with E-state index in [0.29, 0.717) is 6.04 Å². The van der Waals surface area contributed by atoms with Crippen LogP contribution in [-0.4, -0.2) is 25.6 Å². The van der Waals surface area contributed by atoms with Crippen LogP contribution in [0.3, 0.4) is 0 Å². The molecule has 0 radical (unpaired) electrons. The standard InChI is InChI=1S/C13H13N3O2/c17-13(18)9-5-8(9)12-15-10-6-14-4-3-11(10)16(12)7-1-2-7/h3-4,6-9H,1-2,5H2,(H,17,18). The quantitative estimate of drug-likeness (QED) is 0.894. The van der Waals surface area contributed by atoms with E-state index in [-0.39, 0.29) is 11.8 Å². The Hall–Kier alpha value is -1.91. The lowest BCUT2D eigenvalue weighted by Gasteiger charge is -2.06. The minimum Gasteiger partial charge on any atom is -0.481 e. The number of hydrogen-bond donors (Lipinski definition) is 1. The predicted octanol–water partition coefficient (Wildman–Crippen LogP) is 1.95. The molecule has 18 heavy (non-hydrogen) atoms. The Morgan fingerprint density at radius 1 is 1.44 bits per heavy atom. The average molecular weight is 243 g/mol. The van der Waals surface area contributed by atoms with Crippen LogP contribution in [0.4, 0.5) is 0 Å². The first-order valence-electron chi connectivity index (χ1n) is 6.30. The van der Waals surface area contributed by atoms with Crippen LogP contribution in [0.1, 0.15) is 37.0 Å². The van der Waals surface area contributed by atoms with E-state index in [4.69, 9.17) is 5.11 Å². The average Bonchev–Trinajstić information content (AvgIpc) is 3.25. The highest BCUT2D eigenvalue weighted by Crippen LogP contribution is 2.50. The van der Waals surface area contributed by atoms with Gasteiger partial charge in [-0.1, -0.05) is 0 Å². The molecular formula is C13H13N3O2. The Balaban J connectivity index is 1.85. The maximum Gasteiger partial charge on any atom is 0.307 e. The Morgan fingerprint density at radius 3 is 2.94 bits per heavy atom. The van der Waals surface area contributed by atoms with Crippen molar-refractivity contribution in [1.82, 2.24) is 14.5 Å². The molecule has 2 aromatic rings. The van der Waals surface area contributed by atoms with E-state index in [1.807, 2.05) is 6.07 Å². The molecule has 0 aromatic carbocycles. The van der Waals surface area contributed by atoms with Crippen molar-refractivity contribution in [2.45, 2.75) is 31.2 Å². The van der Waals surface area contributed by atoms with Gasteiger partial charge >= 0.3 is 5.97 Å². The van der Waals surface area contributed by atoms with E-state index >= 15 is 0 Å². The molecule has 2 aromatic heterocycles. The second kappa shape index (κ2) is 3.31. The van der Waals surface area contributed by atoms with Gasteiger partial charge in [-0.25, -0.2) is 4.98 Å². The third kappa shape index (κ3) is 1.36. The number of nitrogens with zero attached hydrogens (tertiary/aromatic N) is 3. The van der Waals surface area contributed by atoms with E-state index in [1.54, 1.807) is 12.4 Å². The number of hydrogen-bond acceptors (Lipinski definition) is 3. The molecule has 2 aliphatic rings. The third-order valence-corrected chi connectivity index (χ3v) is 3.87. The van der Waals surface area contributed by atoms with E-state index in [2.05, 4.69) is 14.5 Å². The highest BCUT2D eigenvalue weighted by atomic mass is 16.4. The molecule has 0 saturated heterocycles. The topological polar surface area (TPSA) is 68.0 Å². The minimum atomic E-state index is -0.701. The molecule has 1 N–H and O–H groups in total. The lowest BCUT2D eigenvalue weighted by atomic mass is 10.3. The number of rotatable bonds is 3. The fourth-order valence-electron chi connectivity index (χ4n) is 2.70. The van der Waals surface area contributed by atoms with Gasteiger partial charge < -0.3 is 9.67 Å². The molecule has 0 amide bonds. The van der Waals surface area contributed by atoms with E-state index in [1.165, 1.54) is 12.8 Å². The van der Waals surface area contributed by atoms with Crippen molar-refractivity contribution >= 4 is 17.0 Å². The highest BCUT2D eigenvalue weighted by molar-refractivity contribution is 5.78. The Bertz CT molecular complexity index is 645. The van der Waals surface area contributed by atoms with Gasteiger partial charge in [0.15, 0.2) is 0 Å². The molecule has 5 heteroatoms. The first-order chi connectivity index (χ1) is 8.75. The first kappa shape index (κ1) is 10.1. The van der Waals surface area contributed by atoms with Crippen LogP contribution in [0.5, 0.6) is 0 Å². The summed E-state index contributed by atoms with van der Waals surface area (Å²) in [5.41, 5.74) is 1.98. The lowest BCUT2D eigenvalue weighted by Crippen LogP contribution is -2.04. The summed E-state index contributed by atoms with van der Waals surface area (Å²) in [6, 6.07) is 2.49. The molecule has 0 bridgehead atoms. The molecule has 4 rings (SSSR count). The molecular weight excluding hydrogens is 230 g/mol. The van der Waals surface area contributed by atoms with Crippen LogP contribution in [0.25, 0.3) is 11.0 Å². The monoisotopic (exact) mass is 243 g/mol. The summed E-state index contributed by atoms with van der Waals surface area (Å²) in [4.78, 5) is 19.7. The molecule has 2 saturated carbocycles. The van der Waals surface area contributed by atoms with Crippen molar-refractivity contribution < 1.29 is 9.90 Å². The van der Waals surface area contributed by atoms with Crippen LogP contribution in [0.2, 0.25) is 0 Å². The van der Waals surface area contributed by atoms with Crippen LogP contribution in [0, 0.1) is 5.92 Å². The van der Waals surface area contributed by atoms with Crippen molar-refractivity contribution in [2.75, 3.05) is 0 Å². The number of carboxylic acids is 1. The van der Waals surface area contributed by atoms with Crippen molar-refractivity contribution in [2.24, 2.45) is 5.92 Å². The van der Waals surface area contributed by atoms with Gasteiger partial charge in [0.1, 0.15) is 11.3 Å². The maximum absolute atomic E-state index is 11.0. The van der Waals surface area contributed by atoms with Crippen LogP contribution >= 0.6 is 0 Å². The number of fused-ring (bicyclic) bond motifs is 1. The summed E-state index contributed by atoms with van der Waals surface area (Å²) < 4.78 is 2.24. The van der Waals surface area contributed by atoms with Crippen LogP contribution in [0.15, 0.2) is 18.5 Å². The summed E-state index contributed by atoms with van der Waals surface area (Å²) in [5, 5.41) is 9.06. The van der Waals surface area contributed by atoms with Gasteiger partial charge in [-0.3, -0.25) is 9.78 Å². The SMILES string of the molecule is O=C(O)C1CC1c1nc2cnccc2n1C1CC1. The number of aliphatic carboxylic acids is 1. The smallest absolute Gasteiger partial charge is 0.307 e. The van der Waals surface area contributed by atoms with Gasteiger partial charge in [-0.15, -0.1) is 0 Å². The molecule has 5 nitrogen and oxygen atoms in total. The van der Waals surface area contributed by atoms with Crippen molar-refractivity contribution in [3.63, 3.8) is 0 Å². The summed E-state index contributed by atoms with van der Waals surface area (Å²) in [6.45, 7) is 0. The number of carbonyl (C=O) groups is 1. The fraction of sp³-hybridized carbons (Fsp3) is 0.462. The summed E-state index contributed by atoms with van der Waals surface area (Å²) in [7, 11) is 0. The largest absolute Gasteiger partial charge is 0.481 e. The second-order valence-electron chi connectivity index (χ2n) is 5.22. The predicted molar refractivity (Wildman–Crippen MR) is 64.3 cm³/mol. The highest BCUT2D eigenvalue weighted by Gasteiger charge is 2.48. The molecule has 2 fully saturated rings. The second-order valence-corrected chi connectivity index (χ2v) is 5.22. The van der Waals surface area contributed by atoms with Gasteiger partial charge in [0, 0.05) is 18.2 Å². The summed E-state index contributed by atoms with van der Waals surface area (Å²) in [5.74, 6) is 0.100. The molecule has 0 spiro atoms. The number of carboxylic acid groups (broad SMARTS) is 1. The van der Waals surface area contributed by atoms with Gasteiger partial charge in [0.25, 0.3) is 0 Å². The van der Waals surface area contributed by atoms with Crippen LogP contribution in [-0.2, 0) is 4.79 Å². The number of imidazole rings is 1. The molecule has 2 atom stereocenters. The van der Waals surface area contributed by atoms with Crippen molar-refractivity contribution in [3.8, 4) is 0 Å². The minimum absolute atomic E-state index is 0.0931. The molecule has 92 valence electrons. The molecule has 2 aliphatic carbocycles. The first-order valence-corrected chi connectivity index (χ1v) is 6.30. The molecule has 2 unspecified atom stereocenters. The zero-order chi connectivity index (χ0) is 12.3. The van der Waals surface area contributed by atoms with Gasteiger partial charge in [0.05, 0.1) is 17.6 Å². The van der Waals surface area contributed by atoms with E-state index < -0.39 is 5.97 Å². The molecule has 0 aliphatic heterocycles. The molecule has 2 heterocycles. The maximum atomic E-state index is 11.0. The number of aromatic nitrogens is 3. The summed E-state index contributed by atoms with van der Waals surface area (Å²) in [6.07, 6.45) is 6.60. The van der Waals surface area contributed by atoms with E-state index in [9.17, 15) is 4.79 Å². The zero-order valence-corrected chi connectivity index (χ0v) is 9.78. The van der Waals surface area contributed by atoms with Gasteiger partial charge in [-0.2, -0.15) is 0 Å². The van der Waals surface area contributed by atoms with Crippen molar-refractivity contribution in [1.29, 1.82) is 0 Å². The van der Waals surface area contributed by atoms with E-state index in [0.717, 1.165) is 23.3 Å². The van der Waals surface area contributed by atoms with Crippen LogP contribution < -0.4 is 0 Å². The third-order valence-electron chi connectivity index (χ3n) is 3.87. The Morgan fingerprint density at radius 2 is 2.28 bits per heavy atom. The van der Waals surface area contributed by atoms with Crippen molar-refractivity contribution in [3.05, 3.63) is 24.3 Å². The Kier molecular flexibility index (Phi) is 1.85. The van der Waals surface area contributed by atoms with Gasteiger partial charge in [0.2, 0.25) is 0 Å². The van der Waals surface area contributed by atoms with Gasteiger partial charge in [-0.05, 0) is 25.3 Å².